The van der Waals surface area contributed by atoms with Crippen LogP contribution in [0.15, 0.2) is 30.3 Å². The lowest BCUT2D eigenvalue weighted by Gasteiger charge is -2.28. The van der Waals surface area contributed by atoms with Crippen molar-refractivity contribution in [3.63, 3.8) is 0 Å². The van der Waals surface area contributed by atoms with E-state index in [0.29, 0.717) is 36.3 Å². The molecule has 0 aliphatic carbocycles. The van der Waals surface area contributed by atoms with Crippen LogP contribution in [-0.2, 0) is 14.3 Å². The van der Waals surface area contributed by atoms with Crippen molar-refractivity contribution < 1.29 is 14.3 Å². The molecule has 1 aliphatic rings. The van der Waals surface area contributed by atoms with Gasteiger partial charge in [-0.15, -0.1) is 0 Å². The number of likely N-dealkylation sites (tertiary alicyclic amines) is 1. The number of nitrogens with zero attached hydrogens (tertiary/aromatic N) is 3. The first kappa shape index (κ1) is 20.3. The molecule has 1 aromatic carbocycles. The molecule has 1 saturated heterocycles. The molecule has 1 fully saturated rings. The third-order valence-electron chi connectivity index (χ3n) is 4.77. The Morgan fingerprint density at radius 3 is 2.75 bits per heavy atom. The van der Waals surface area contributed by atoms with Crippen LogP contribution in [-0.4, -0.2) is 51.9 Å². The van der Waals surface area contributed by atoms with Gasteiger partial charge in [0.25, 0.3) is 0 Å². The summed E-state index contributed by atoms with van der Waals surface area (Å²) in [7, 11) is 1.36. The molecule has 8 heteroatoms. The van der Waals surface area contributed by atoms with Gasteiger partial charge < -0.3 is 15.0 Å². The minimum absolute atomic E-state index is 0.0851. The lowest BCUT2D eigenvalue weighted by molar-refractivity contribution is -0.151. The molecule has 1 aliphatic heterocycles. The van der Waals surface area contributed by atoms with E-state index in [1.54, 1.807) is 4.90 Å². The third kappa shape index (κ3) is 4.67. The standard InChI is InChI=1S/C20H26N4O3S/c1-13(2)12-15(18(25)24-11-7-10-16(24)19(26)27-3)21-20-22-17(23-28-20)14-8-5-4-6-9-14/h4-6,8-9,13,15-16H,7,10-12H2,1-3H3,(H,21,22,23)/t15?,16-/m0/s1. The number of carbonyl (C=O) groups is 2. The van der Waals surface area contributed by atoms with Crippen LogP contribution in [0.5, 0.6) is 0 Å². The summed E-state index contributed by atoms with van der Waals surface area (Å²) in [4.78, 5) is 31.4. The van der Waals surface area contributed by atoms with E-state index in [-0.39, 0.29) is 11.9 Å². The second-order valence-corrected chi connectivity index (χ2v) is 8.08. The highest BCUT2D eigenvalue weighted by molar-refractivity contribution is 7.09. The number of methoxy groups -OCH3 is 1. The van der Waals surface area contributed by atoms with Crippen LogP contribution in [0, 0.1) is 5.92 Å². The summed E-state index contributed by atoms with van der Waals surface area (Å²) in [6.07, 6.45) is 2.09. The number of carbonyl (C=O) groups excluding carboxylic acids is 2. The van der Waals surface area contributed by atoms with E-state index in [2.05, 4.69) is 28.5 Å². The fourth-order valence-corrected chi connectivity index (χ4v) is 4.08. The smallest absolute Gasteiger partial charge is 0.328 e. The zero-order valence-corrected chi connectivity index (χ0v) is 17.2. The maximum absolute atomic E-state index is 13.2. The molecule has 28 heavy (non-hydrogen) atoms. The van der Waals surface area contributed by atoms with Crippen molar-refractivity contribution in [3.05, 3.63) is 30.3 Å². The van der Waals surface area contributed by atoms with E-state index in [4.69, 9.17) is 4.74 Å². The van der Waals surface area contributed by atoms with Gasteiger partial charge in [0.05, 0.1) is 7.11 Å². The van der Waals surface area contributed by atoms with Gasteiger partial charge in [-0.3, -0.25) is 4.79 Å². The van der Waals surface area contributed by atoms with Gasteiger partial charge in [0.15, 0.2) is 5.82 Å². The number of benzene rings is 1. The molecule has 1 amide bonds. The molecule has 0 saturated carbocycles. The quantitative estimate of drug-likeness (QED) is 0.716. The van der Waals surface area contributed by atoms with Crippen LogP contribution in [0.1, 0.15) is 33.1 Å². The van der Waals surface area contributed by atoms with Crippen molar-refractivity contribution >= 4 is 28.5 Å². The summed E-state index contributed by atoms with van der Waals surface area (Å²) in [5.41, 5.74) is 0.934. The lowest BCUT2D eigenvalue weighted by Crippen LogP contribution is -2.48. The second-order valence-electron chi connectivity index (χ2n) is 7.33. The predicted molar refractivity (Wildman–Crippen MR) is 109 cm³/mol. The van der Waals surface area contributed by atoms with Gasteiger partial charge in [-0.05, 0) is 25.2 Å². The van der Waals surface area contributed by atoms with E-state index in [1.807, 2.05) is 30.3 Å². The number of aromatic nitrogens is 2. The van der Waals surface area contributed by atoms with Crippen molar-refractivity contribution in [1.82, 2.24) is 14.3 Å². The fraction of sp³-hybridized carbons (Fsp3) is 0.500. The monoisotopic (exact) mass is 402 g/mol. The Morgan fingerprint density at radius 2 is 2.07 bits per heavy atom. The Kier molecular flexibility index (Phi) is 6.61. The van der Waals surface area contributed by atoms with Crippen molar-refractivity contribution in [2.45, 2.75) is 45.2 Å². The van der Waals surface area contributed by atoms with Gasteiger partial charge in [0.1, 0.15) is 12.1 Å². The topological polar surface area (TPSA) is 84.4 Å². The molecule has 2 atom stereocenters. The zero-order valence-electron chi connectivity index (χ0n) is 16.4. The van der Waals surface area contributed by atoms with Crippen LogP contribution in [0.3, 0.4) is 0 Å². The molecule has 0 radical (unpaired) electrons. The Labute approximate surface area is 169 Å². The van der Waals surface area contributed by atoms with Crippen molar-refractivity contribution in [2.75, 3.05) is 19.0 Å². The Hall–Kier alpha value is -2.48. The van der Waals surface area contributed by atoms with Crippen molar-refractivity contribution in [2.24, 2.45) is 5.92 Å². The highest BCUT2D eigenvalue weighted by Gasteiger charge is 2.38. The van der Waals surface area contributed by atoms with Crippen molar-refractivity contribution in [1.29, 1.82) is 0 Å². The van der Waals surface area contributed by atoms with E-state index in [9.17, 15) is 9.59 Å². The molecule has 1 N–H and O–H groups in total. The highest BCUT2D eigenvalue weighted by Crippen LogP contribution is 2.25. The van der Waals surface area contributed by atoms with Gasteiger partial charge in [-0.25, -0.2) is 4.79 Å². The summed E-state index contributed by atoms with van der Waals surface area (Å²) in [5.74, 6) is 0.508. The van der Waals surface area contributed by atoms with Gasteiger partial charge in [-0.1, -0.05) is 44.2 Å². The van der Waals surface area contributed by atoms with Crippen LogP contribution in [0.4, 0.5) is 5.13 Å². The number of hydrogen-bond donors (Lipinski definition) is 1. The Balaban J connectivity index is 1.76. The van der Waals surface area contributed by atoms with Crippen LogP contribution in [0.2, 0.25) is 0 Å². The Morgan fingerprint density at radius 1 is 1.32 bits per heavy atom. The zero-order chi connectivity index (χ0) is 20.1. The van der Waals surface area contributed by atoms with Gasteiger partial charge in [0, 0.05) is 23.6 Å². The lowest BCUT2D eigenvalue weighted by atomic mass is 10.0. The molecule has 7 nitrogen and oxygen atoms in total. The number of rotatable bonds is 7. The Bertz CT molecular complexity index is 809. The number of nitrogens with one attached hydrogen (secondary N) is 1. The molecule has 0 spiro atoms. The predicted octanol–water partition coefficient (Wildman–Crippen LogP) is 3.20. The average molecular weight is 403 g/mol. The number of anilines is 1. The highest BCUT2D eigenvalue weighted by atomic mass is 32.1. The molecule has 2 heterocycles. The van der Waals surface area contributed by atoms with Crippen LogP contribution >= 0.6 is 11.5 Å². The molecule has 2 aromatic rings. The first-order chi connectivity index (χ1) is 13.5. The molecule has 150 valence electrons. The maximum Gasteiger partial charge on any atom is 0.328 e. The van der Waals surface area contributed by atoms with E-state index < -0.39 is 12.1 Å². The first-order valence-corrected chi connectivity index (χ1v) is 10.3. The molecule has 0 bridgehead atoms. The molecular weight excluding hydrogens is 376 g/mol. The summed E-state index contributed by atoms with van der Waals surface area (Å²) in [5, 5.41) is 3.86. The van der Waals surface area contributed by atoms with E-state index >= 15 is 0 Å². The number of esters is 1. The molecule has 3 rings (SSSR count). The molecular formula is C20H26N4O3S. The van der Waals surface area contributed by atoms with Crippen LogP contribution < -0.4 is 5.32 Å². The molecule has 1 unspecified atom stereocenters. The number of amides is 1. The fourth-order valence-electron chi connectivity index (χ4n) is 3.44. The summed E-state index contributed by atoms with van der Waals surface area (Å²) in [6.45, 7) is 4.71. The number of ether oxygens (including phenoxy) is 1. The van der Waals surface area contributed by atoms with Gasteiger partial charge >= 0.3 is 5.97 Å². The van der Waals surface area contributed by atoms with Crippen molar-refractivity contribution in [3.8, 4) is 11.4 Å². The summed E-state index contributed by atoms with van der Waals surface area (Å²) < 4.78 is 9.27. The van der Waals surface area contributed by atoms with E-state index in [0.717, 1.165) is 12.0 Å². The van der Waals surface area contributed by atoms with Gasteiger partial charge in [-0.2, -0.15) is 9.36 Å². The largest absolute Gasteiger partial charge is 0.467 e. The minimum atomic E-state index is -0.497. The molecule has 1 aromatic heterocycles. The van der Waals surface area contributed by atoms with Crippen LogP contribution in [0.25, 0.3) is 11.4 Å². The third-order valence-corrected chi connectivity index (χ3v) is 5.42. The average Bonchev–Trinajstić information content (AvgIpc) is 3.36. The van der Waals surface area contributed by atoms with Gasteiger partial charge in [0.2, 0.25) is 11.0 Å². The first-order valence-electron chi connectivity index (χ1n) is 9.53. The maximum atomic E-state index is 13.2. The minimum Gasteiger partial charge on any atom is -0.467 e. The van der Waals surface area contributed by atoms with E-state index in [1.165, 1.54) is 18.6 Å². The SMILES string of the molecule is COC(=O)[C@@H]1CCCN1C(=O)C(CC(C)C)Nc1nc(-c2ccccc2)ns1. The number of hydrogen-bond acceptors (Lipinski definition) is 7. The normalized spacial score (nSPS) is 17.6. The summed E-state index contributed by atoms with van der Waals surface area (Å²) >= 11 is 1.24. The summed E-state index contributed by atoms with van der Waals surface area (Å²) in [6, 6.07) is 8.77. The second kappa shape index (κ2) is 9.14.